The highest BCUT2D eigenvalue weighted by Gasteiger charge is 2.23. The Kier molecular flexibility index (Phi) is 4.08. The molecule has 0 unspecified atom stereocenters. The molecule has 0 saturated carbocycles. The van der Waals surface area contributed by atoms with Gasteiger partial charge < -0.3 is 5.11 Å². The summed E-state index contributed by atoms with van der Waals surface area (Å²) in [5.74, 6) is 0. The van der Waals surface area contributed by atoms with Crippen molar-refractivity contribution in [2.24, 2.45) is 0 Å². The van der Waals surface area contributed by atoms with Crippen LogP contribution in [0.25, 0.3) is 0 Å². The van der Waals surface area contributed by atoms with E-state index in [1.807, 2.05) is 0 Å². The second-order valence-electron chi connectivity index (χ2n) is 6.40. The Labute approximate surface area is 111 Å². The molecule has 0 bridgehead atoms. The zero-order valence-electron chi connectivity index (χ0n) is 11.8. The molecule has 1 atom stereocenters. The first-order valence-electron chi connectivity index (χ1n) is 6.95. The van der Waals surface area contributed by atoms with Gasteiger partial charge in [0, 0.05) is 12.6 Å². The smallest absolute Gasteiger partial charge is 0.0587 e. The maximum atomic E-state index is 9.32. The monoisotopic (exact) mass is 247 g/mol. The Bertz CT molecular complexity index is 377. The van der Waals surface area contributed by atoms with Crippen LogP contribution in [0.4, 0.5) is 0 Å². The second kappa shape index (κ2) is 5.41. The first-order valence-corrected chi connectivity index (χ1v) is 6.95. The summed E-state index contributed by atoms with van der Waals surface area (Å²) in [7, 11) is 0. The van der Waals surface area contributed by atoms with Crippen molar-refractivity contribution in [3.05, 3.63) is 35.4 Å². The van der Waals surface area contributed by atoms with E-state index in [1.165, 1.54) is 17.5 Å². The fourth-order valence-corrected chi connectivity index (χ4v) is 2.65. The van der Waals surface area contributed by atoms with Gasteiger partial charge in [-0.3, -0.25) is 4.90 Å². The quantitative estimate of drug-likeness (QED) is 0.887. The molecular weight excluding hydrogens is 222 g/mol. The lowest BCUT2D eigenvalue weighted by molar-refractivity contribution is 0.153. The minimum atomic E-state index is 0.222. The highest BCUT2D eigenvalue weighted by molar-refractivity contribution is 5.27. The van der Waals surface area contributed by atoms with Gasteiger partial charge in [0.1, 0.15) is 0 Å². The van der Waals surface area contributed by atoms with Gasteiger partial charge in [-0.1, -0.05) is 45.0 Å². The molecule has 1 aromatic carbocycles. The van der Waals surface area contributed by atoms with E-state index in [4.69, 9.17) is 0 Å². The first kappa shape index (κ1) is 13.6. The highest BCUT2D eigenvalue weighted by Crippen LogP contribution is 2.24. The van der Waals surface area contributed by atoms with Gasteiger partial charge in [0.25, 0.3) is 0 Å². The summed E-state index contributed by atoms with van der Waals surface area (Å²) in [5, 5.41) is 9.32. The first-order chi connectivity index (χ1) is 8.50. The third kappa shape index (κ3) is 3.12. The van der Waals surface area contributed by atoms with E-state index in [9.17, 15) is 5.11 Å². The molecule has 18 heavy (non-hydrogen) atoms. The van der Waals surface area contributed by atoms with Crippen molar-refractivity contribution >= 4 is 0 Å². The van der Waals surface area contributed by atoms with Gasteiger partial charge in [0.2, 0.25) is 0 Å². The predicted octanol–water partition coefficient (Wildman–Crippen LogP) is 2.94. The van der Waals surface area contributed by atoms with Crippen molar-refractivity contribution in [3.8, 4) is 0 Å². The summed E-state index contributed by atoms with van der Waals surface area (Å²) >= 11 is 0. The zero-order valence-corrected chi connectivity index (χ0v) is 11.8. The van der Waals surface area contributed by atoms with Crippen molar-refractivity contribution in [2.45, 2.75) is 51.6 Å². The summed E-state index contributed by atoms with van der Waals surface area (Å²) in [6.45, 7) is 9.10. The van der Waals surface area contributed by atoms with Gasteiger partial charge >= 0.3 is 0 Å². The summed E-state index contributed by atoms with van der Waals surface area (Å²) < 4.78 is 0. The van der Waals surface area contributed by atoms with Crippen LogP contribution < -0.4 is 0 Å². The number of nitrogens with zero attached hydrogens (tertiary/aromatic N) is 1. The van der Waals surface area contributed by atoms with Gasteiger partial charge in [-0.25, -0.2) is 0 Å². The van der Waals surface area contributed by atoms with Gasteiger partial charge in [0.05, 0.1) is 6.61 Å². The zero-order chi connectivity index (χ0) is 13.2. The van der Waals surface area contributed by atoms with Crippen molar-refractivity contribution in [3.63, 3.8) is 0 Å². The molecule has 1 aliphatic heterocycles. The van der Waals surface area contributed by atoms with E-state index in [-0.39, 0.29) is 5.41 Å². The van der Waals surface area contributed by atoms with E-state index in [0.29, 0.717) is 12.6 Å². The number of aliphatic hydroxyl groups is 1. The topological polar surface area (TPSA) is 23.5 Å². The summed E-state index contributed by atoms with van der Waals surface area (Å²) in [6.07, 6.45) is 2.35. The molecule has 1 heterocycles. The van der Waals surface area contributed by atoms with Crippen LogP contribution in [0.15, 0.2) is 24.3 Å². The Morgan fingerprint density at radius 2 is 1.89 bits per heavy atom. The molecular formula is C16H25NO. The van der Waals surface area contributed by atoms with E-state index < -0.39 is 0 Å². The molecule has 0 aliphatic carbocycles. The molecule has 0 aromatic heterocycles. The molecule has 1 aliphatic rings. The van der Waals surface area contributed by atoms with E-state index in [1.54, 1.807) is 0 Å². The lowest BCUT2D eigenvalue weighted by atomic mass is 9.87. The van der Waals surface area contributed by atoms with Crippen LogP contribution in [-0.4, -0.2) is 29.2 Å². The molecule has 2 nitrogen and oxygen atoms in total. The number of hydrogen-bond donors (Lipinski definition) is 1. The molecule has 2 rings (SSSR count). The fraction of sp³-hybridized carbons (Fsp3) is 0.625. The SMILES string of the molecule is CC(C)(C)c1ccc(CN2CCC[C@@H]2CO)cc1. The fourth-order valence-electron chi connectivity index (χ4n) is 2.65. The molecule has 1 aromatic rings. The average molecular weight is 247 g/mol. The third-order valence-corrected chi connectivity index (χ3v) is 3.92. The molecule has 1 fully saturated rings. The van der Waals surface area contributed by atoms with Gasteiger partial charge in [0.15, 0.2) is 0 Å². The largest absolute Gasteiger partial charge is 0.395 e. The normalized spacial score (nSPS) is 21.4. The number of hydrogen-bond acceptors (Lipinski definition) is 2. The standard InChI is InChI=1S/C16H25NO/c1-16(2,3)14-8-6-13(7-9-14)11-17-10-4-5-15(17)12-18/h6-9,15,18H,4-5,10-12H2,1-3H3/t15-/m1/s1. The molecule has 1 saturated heterocycles. The van der Waals surface area contributed by atoms with Gasteiger partial charge in [-0.15, -0.1) is 0 Å². The average Bonchev–Trinajstić information content (AvgIpc) is 2.76. The molecule has 0 radical (unpaired) electrons. The van der Waals surface area contributed by atoms with E-state index in [0.717, 1.165) is 19.5 Å². The number of aliphatic hydroxyl groups excluding tert-OH is 1. The van der Waals surface area contributed by atoms with Gasteiger partial charge in [-0.05, 0) is 35.9 Å². The minimum absolute atomic E-state index is 0.222. The number of rotatable bonds is 3. The van der Waals surface area contributed by atoms with Crippen LogP contribution in [0.1, 0.15) is 44.7 Å². The van der Waals surface area contributed by atoms with Crippen LogP contribution >= 0.6 is 0 Å². The van der Waals surface area contributed by atoms with Gasteiger partial charge in [-0.2, -0.15) is 0 Å². The second-order valence-corrected chi connectivity index (χ2v) is 6.40. The van der Waals surface area contributed by atoms with Crippen LogP contribution in [0.3, 0.4) is 0 Å². The summed E-state index contributed by atoms with van der Waals surface area (Å²) in [4.78, 5) is 2.39. The van der Waals surface area contributed by atoms with E-state index >= 15 is 0 Å². The maximum Gasteiger partial charge on any atom is 0.0587 e. The van der Waals surface area contributed by atoms with Crippen LogP contribution in [0.5, 0.6) is 0 Å². The lowest BCUT2D eigenvalue weighted by Gasteiger charge is -2.23. The van der Waals surface area contributed by atoms with Crippen molar-refractivity contribution in [2.75, 3.05) is 13.2 Å². The highest BCUT2D eigenvalue weighted by atomic mass is 16.3. The Morgan fingerprint density at radius 3 is 2.44 bits per heavy atom. The predicted molar refractivity (Wildman–Crippen MR) is 75.7 cm³/mol. The van der Waals surface area contributed by atoms with Crippen molar-refractivity contribution < 1.29 is 5.11 Å². The number of benzene rings is 1. The lowest BCUT2D eigenvalue weighted by Crippen LogP contribution is -2.31. The maximum absolute atomic E-state index is 9.32. The van der Waals surface area contributed by atoms with Crippen molar-refractivity contribution in [1.29, 1.82) is 0 Å². The van der Waals surface area contributed by atoms with E-state index in [2.05, 4.69) is 49.9 Å². The summed E-state index contributed by atoms with van der Waals surface area (Å²) in [5.41, 5.74) is 2.95. The molecule has 1 N–H and O–H groups in total. The summed E-state index contributed by atoms with van der Waals surface area (Å²) in [6, 6.07) is 9.30. The molecule has 0 spiro atoms. The van der Waals surface area contributed by atoms with Crippen LogP contribution in [0, 0.1) is 0 Å². The third-order valence-electron chi connectivity index (χ3n) is 3.92. The molecule has 100 valence electrons. The van der Waals surface area contributed by atoms with Crippen LogP contribution in [-0.2, 0) is 12.0 Å². The molecule has 2 heteroatoms. The Hall–Kier alpha value is -0.860. The molecule has 0 amide bonds. The van der Waals surface area contributed by atoms with Crippen molar-refractivity contribution in [1.82, 2.24) is 4.90 Å². The Balaban J connectivity index is 2.02. The number of likely N-dealkylation sites (tertiary alicyclic amines) is 1. The Morgan fingerprint density at radius 1 is 1.22 bits per heavy atom. The minimum Gasteiger partial charge on any atom is -0.395 e. The van der Waals surface area contributed by atoms with Crippen LogP contribution in [0.2, 0.25) is 0 Å².